The quantitative estimate of drug-likeness (QED) is 0.708. The molecule has 0 aliphatic heterocycles. The lowest BCUT2D eigenvalue weighted by Gasteiger charge is -2.20. The fourth-order valence-electron chi connectivity index (χ4n) is 2.50. The molecule has 7 heteroatoms. The number of benzene rings is 2. The van der Waals surface area contributed by atoms with Crippen molar-refractivity contribution in [2.45, 2.75) is 6.92 Å². The van der Waals surface area contributed by atoms with Crippen molar-refractivity contribution in [2.24, 2.45) is 0 Å². The van der Waals surface area contributed by atoms with E-state index < -0.39 is 0 Å². The van der Waals surface area contributed by atoms with E-state index in [1.807, 2.05) is 19.1 Å². The molecule has 0 atom stereocenters. The average Bonchev–Trinajstić information content (AvgIpc) is 2.68. The van der Waals surface area contributed by atoms with E-state index in [1.54, 1.807) is 55.5 Å². The third kappa shape index (κ3) is 6.31. The van der Waals surface area contributed by atoms with E-state index in [4.69, 9.17) is 9.47 Å². The number of para-hydroxylation sites is 2. The van der Waals surface area contributed by atoms with Crippen molar-refractivity contribution in [2.75, 3.05) is 44.5 Å². The first-order chi connectivity index (χ1) is 13.0. The van der Waals surface area contributed by atoms with Gasteiger partial charge in [0.1, 0.15) is 11.5 Å². The number of carbonyl (C=O) groups excluding carboxylic acids is 2. The maximum atomic E-state index is 12.3. The Kier molecular flexibility index (Phi) is 7.63. The second-order valence-corrected chi connectivity index (χ2v) is 5.83. The highest BCUT2D eigenvalue weighted by Crippen LogP contribution is 2.22. The molecular weight excluding hydrogens is 346 g/mol. The molecule has 2 aromatic carbocycles. The van der Waals surface area contributed by atoms with Crippen LogP contribution in [0.1, 0.15) is 6.92 Å². The van der Waals surface area contributed by atoms with E-state index in [2.05, 4.69) is 10.6 Å². The van der Waals surface area contributed by atoms with Gasteiger partial charge in [0.15, 0.2) is 0 Å². The Labute approximate surface area is 159 Å². The molecule has 0 saturated carbocycles. The molecule has 0 saturated heterocycles. The number of hydrogen-bond donors (Lipinski definition) is 2. The third-order valence-corrected chi connectivity index (χ3v) is 3.94. The minimum absolute atomic E-state index is 0.102. The Morgan fingerprint density at radius 1 is 0.889 bits per heavy atom. The molecular formula is C20H25N3O4. The van der Waals surface area contributed by atoms with Crippen molar-refractivity contribution in [3.8, 4) is 11.5 Å². The van der Waals surface area contributed by atoms with E-state index in [0.29, 0.717) is 23.7 Å². The summed E-state index contributed by atoms with van der Waals surface area (Å²) < 4.78 is 10.3. The molecule has 0 heterocycles. The van der Waals surface area contributed by atoms with Gasteiger partial charge in [-0.3, -0.25) is 14.5 Å². The second kappa shape index (κ2) is 10.2. The van der Waals surface area contributed by atoms with Gasteiger partial charge in [-0.05, 0) is 42.9 Å². The summed E-state index contributed by atoms with van der Waals surface area (Å²) in [5, 5.41) is 5.62. The first-order valence-corrected chi connectivity index (χ1v) is 8.64. The Morgan fingerprint density at radius 2 is 1.52 bits per heavy atom. The van der Waals surface area contributed by atoms with Gasteiger partial charge in [-0.1, -0.05) is 19.1 Å². The number of hydrogen-bond acceptors (Lipinski definition) is 5. The molecule has 2 amide bonds. The first-order valence-electron chi connectivity index (χ1n) is 8.64. The van der Waals surface area contributed by atoms with Gasteiger partial charge in [0, 0.05) is 5.69 Å². The van der Waals surface area contributed by atoms with E-state index >= 15 is 0 Å². The van der Waals surface area contributed by atoms with E-state index in [1.165, 1.54) is 0 Å². The number of nitrogens with one attached hydrogen (secondary N) is 2. The van der Waals surface area contributed by atoms with Gasteiger partial charge < -0.3 is 20.1 Å². The van der Waals surface area contributed by atoms with Crippen LogP contribution in [0, 0.1) is 0 Å². The lowest BCUT2D eigenvalue weighted by molar-refractivity contribution is -0.119. The average molecular weight is 371 g/mol. The summed E-state index contributed by atoms with van der Waals surface area (Å²) in [7, 11) is 3.13. The van der Waals surface area contributed by atoms with Gasteiger partial charge in [0.05, 0.1) is 33.0 Å². The SMILES string of the molecule is CCN(CC(=O)Nc1ccc(OC)cc1)CC(=O)Nc1ccccc1OC. The van der Waals surface area contributed by atoms with Gasteiger partial charge in [0.2, 0.25) is 11.8 Å². The van der Waals surface area contributed by atoms with E-state index in [0.717, 1.165) is 5.75 Å². The molecule has 2 N–H and O–H groups in total. The van der Waals surface area contributed by atoms with Crippen molar-refractivity contribution in [1.29, 1.82) is 0 Å². The van der Waals surface area contributed by atoms with E-state index in [-0.39, 0.29) is 24.9 Å². The topological polar surface area (TPSA) is 79.9 Å². The molecule has 0 unspecified atom stereocenters. The number of ether oxygens (including phenoxy) is 2. The molecule has 0 fully saturated rings. The zero-order valence-corrected chi connectivity index (χ0v) is 15.8. The summed E-state index contributed by atoms with van der Waals surface area (Å²) in [5.41, 5.74) is 1.28. The van der Waals surface area contributed by atoms with Crippen LogP contribution in [-0.4, -0.2) is 50.6 Å². The maximum Gasteiger partial charge on any atom is 0.238 e. The predicted octanol–water partition coefficient (Wildman–Crippen LogP) is 2.60. The molecule has 2 rings (SSSR count). The van der Waals surface area contributed by atoms with Crippen LogP contribution in [-0.2, 0) is 9.59 Å². The summed E-state index contributed by atoms with van der Waals surface area (Å²) in [4.78, 5) is 26.3. The largest absolute Gasteiger partial charge is 0.497 e. The number of methoxy groups -OCH3 is 2. The predicted molar refractivity (Wildman–Crippen MR) is 105 cm³/mol. The van der Waals surface area contributed by atoms with Crippen molar-refractivity contribution < 1.29 is 19.1 Å². The molecule has 0 aliphatic rings. The third-order valence-electron chi connectivity index (χ3n) is 3.94. The minimum atomic E-state index is -0.210. The van der Waals surface area contributed by atoms with Crippen LogP contribution in [0.15, 0.2) is 48.5 Å². The summed E-state index contributed by atoms with van der Waals surface area (Å²) >= 11 is 0. The summed E-state index contributed by atoms with van der Waals surface area (Å²) in [6.07, 6.45) is 0. The smallest absolute Gasteiger partial charge is 0.238 e. The Morgan fingerprint density at radius 3 is 2.11 bits per heavy atom. The van der Waals surface area contributed by atoms with Crippen LogP contribution in [0.2, 0.25) is 0 Å². The summed E-state index contributed by atoms with van der Waals surface area (Å²) in [6, 6.07) is 14.3. The molecule has 0 spiro atoms. The number of amides is 2. The molecule has 0 aromatic heterocycles. The molecule has 0 aliphatic carbocycles. The molecule has 27 heavy (non-hydrogen) atoms. The van der Waals surface area contributed by atoms with Crippen LogP contribution in [0.3, 0.4) is 0 Å². The monoisotopic (exact) mass is 371 g/mol. The Bertz CT molecular complexity index is 762. The molecule has 2 aromatic rings. The molecule has 144 valence electrons. The highest BCUT2D eigenvalue weighted by Gasteiger charge is 2.14. The van der Waals surface area contributed by atoms with Crippen molar-refractivity contribution in [3.63, 3.8) is 0 Å². The highest BCUT2D eigenvalue weighted by atomic mass is 16.5. The molecule has 0 bridgehead atoms. The van der Waals surface area contributed by atoms with Gasteiger partial charge in [-0.2, -0.15) is 0 Å². The van der Waals surface area contributed by atoms with Crippen LogP contribution in [0.25, 0.3) is 0 Å². The second-order valence-electron chi connectivity index (χ2n) is 5.83. The van der Waals surface area contributed by atoms with Gasteiger partial charge in [0.25, 0.3) is 0 Å². The van der Waals surface area contributed by atoms with Crippen LogP contribution in [0.5, 0.6) is 11.5 Å². The zero-order chi connectivity index (χ0) is 19.6. The van der Waals surface area contributed by atoms with Crippen molar-refractivity contribution in [1.82, 2.24) is 4.90 Å². The van der Waals surface area contributed by atoms with Gasteiger partial charge >= 0.3 is 0 Å². The number of nitrogens with zero attached hydrogens (tertiary/aromatic N) is 1. The summed E-state index contributed by atoms with van der Waals surface area (Å²) in [6.45, 7) is 2.68. The van der Waals surface area contributed by atoms with E-state index in [9.17, 15) is 9.59 Å². The normalized spacial score (nSPS) is 10.4. The lowest BCUT2D eigenvalue weighted by Crippen LogP contribution is -2.38. The number of anilines is 2. The fraction of sp³-hybridized carbons (Fsp3) is 0.300. The fourth-order valence-corrected chi connectivity index (χ4v) is 2.50. The minimum Gasteiger partial charge on any atom is -0.497 e. The summed E-state index contributed by atoms with van der Waals surface area (Å²) in [5.74, 6) is 0.910. The van der Waals surface area contributed by atoms with Crippen LogP contribution >= 0.6 is 0 Å². The van der Waals surface area contributed by atoms with Gasteiger partial charge in [-0.25, -0.2) is 0 Å². The van der Waals surface area contributed by atoms with Crippen LogP contribution in [0.4, 0.5) is 11.4 Å². The number of rotatable bonds is 9. The molecule has 7 nitrogen and oxygen atoms in total. The maximum absolute atomic E-state index is 12.3. The van der Waals surface area contributed by atoms with Crippen molar-refractivity contribution >= 4 is 23.2 Å². The highest BCUT2D eigenvalue weighted by molar-refractivity contribution is 5.95. The Balaban J connectivity index is 1.88. The zero-order valence-electron chi connectivity index (χ0n) is 15.8. The van der Waals surface area contributed by atoms with Crippen molar-refractivity contribution in [3.05, 3.63) is 48.5 Å². The Hall–Kier alpha value is -3.06. The first kappa shape index (κ1) is 20.3. The van der Waals surface area contributed by atoms with Gasteiger partial charge in [-0.15, -0.1) is 0 Å². The number of carbonyl (C=O) groups is 2. The lowest BCUT2D eigenvalue weighted by atomic mass is 10.3. The standard InChI is InChI=1S/C20H25N3O4/c1-4-23(13-19(24)21-15-9-11-16(26-2)12-10-15)14-20(25)22-17-7-5-6-8-18(17)27-3/h5-12H,4,13-14H2,1-3H3,(H,21,24)(H,22,25). The molecule has 0 radical (unpaired) electrons. The number of likely N-dealkylation sites (N-methyl/N-ethyl adjacent to an activating group) is 1. The van der Waals surface area contributed by atoms with Crippen LogP contribution < -0.4 is 20.1 Å².